The number of carbonyl (C=O) groups excluding carboxylic acids is 2. The summed E-state index contributed by atoms with van der Waals surface area (Å²) in [5, 5.41) is 39.5. The number of carbonyl (C=O) groups is 2. The molecule has 4 saturated heterocycles. The largest absolute Gasteiger partial charge is 0.488 e. The van der Waals surface area contributed by atoms with Crippen LogP contribution in [0.1, 0.15) is 130 Å². The Kier molecular flexibility index (Phi) is 45.6. The smallest absolute Gasteiger partial charge is 0.463 e. The summed E-state index contributed by atoms with van der Waals surface area (Å²) in [6.45, 7) is 7.35. The van der Waals surface area contributed by atoms with E-state index in [1.807, 2.05) is 127 Å². The van der Waals surface area contributed by atoms with Crippen molar-refractivity contribution in [3.63, 3.8) is 0 Å². The zero-order chi connectivity index (χ0) is 98.9. The fourth-order valence-electron chi connectivity index (χ4n) is 17.6. The topological polar surface area (TPSA) is 134 Å². The van der Waals surface area contributed by atoms with Crippen LogP contribution in [-0.4, -0.2) is 91.6 Å². The first kappa shape index (κ1) is 112. The third-order valence-electron chi connectivity index (χ3n) is 24.6. The predicted octanol–water partition coefficient (Wildman–Crippen LogP) is 32.7. The number of ketones is 1. The number of benzene rings is 13. The third-order valence-corrected chi connectivity index (χ3v) is 39.9. The van der Waals surface area contributed by atoms with Crippen LogP contribution in [0.4, 0.5) is 22.7 Å². The van der Waals surface area contributed by atoms with Crippen molar-refractivity contribution in [1.29, 1.82) is 0 Å². The molecule has 724 valence electrons. The summed E-state index contributed by atoms with van der Waals surface area (Å²) in [5.41, 5.74) is 10.8. The normalized spacial score (nSPS) is 17.7. The molecule has 13 aromatic rings. The minimum Gasteiger partial charge on any atom is -0.463 e. The Hall–Kier alpha value is -6.41. The van der Waals surface area contributed by atoms with Crippen molar-refractivity contribution in [2.24, 2.45) is 17.8 Å². The van der Waals surface area contributed by atoms with Gasteiger partial charge in [0.2, 0.25) is 6.16 Å². The van der Waals surface area contributed by atoms with E-state index in [-0.39, 0.29) is 42.6 Å². The van der Waals surface area contributed by atoms with E-state index in [1.165, 1.54) is 64.1 Å². The SMILES string of the molecule is BrP(Br)(c1ccccc1)(c1ccccc1)c1ccccc1.CCOC(=O)C[P+](C)=O.Clc1ccc(C2CC(CCBr)CCN2c2ccc(Cl)cc2Cl)cc1.Clc1ccc(C2CC(CCc3ccccc3)CCN2c2ccc(Cl)cc2Cl)cc1.O=C1CCN(c2ccc(Cl)cc2Cl)C(c2ccc(Cl)cc2)C1.OB(O)c1ccccc1.OCCC1CCN(c2ccc(Cl)cc2Cl)C(c2ccc(Cl)cc2)C1. The van der Waals surface area contributed by atoms with Crippen molar-refractivity contribution >= 4 is 261 Å². The summed E-state index contributed by atoms with van der Waals surface area (Å²) in [6.07, 6.45) is 12.0. The Balaban J connectivity index is 0.000000158. The van der Waals surface area contributed by atoms with E-state index in [9.17, 15) is 19.3 Å². The standard InChI is InChI=1S/C25H24Cl3N.C19H19BrCl3N.C19H20Cl3NO.C18H15Br2P.C17H14Cl3NO.C6H7BO2.C5H10O3P/c26-21-10-8-20(9-11-21)25-16-19(7-6-18-4-2-1-3-5-18)14-15-29(25)24-13-12-22(27)17-23(24)28;20-9-7-13-8-10-24(18-6-5-16(22)12-17(18)23)19(11-13)14-1-3-15(21)4-2-14;20-15-3-1-14(2-4-15)19-11-13(8-10-24)7-9-23(19)18-6-5-16(21)12-17(18)22;19-21(20,16-10-4-1-5-11-16,17-12-6-2-7-13-17)18-14-8-3-9-15-18;18-12-3-1-11(2-4-12)17-10-14(22)7-8-21(17)16-6-5-13(19)9-15(16)20;8-7(9)6-4-2-1-3-5-6;1-3-8-5(6)4-9(2)7/h1-5,8-13,17,19,25H,6-7,14-16H2;1-6,12-13,19H,7-11H2;1-6,12-13,19,24H,7-11H2;1-15H;1-6,9,17H,7-8,10H2;1-5,8-9H;3-4H2,1-2H3/q;;;;;;+1. The van der Waals surface area contributed by atoms with Gasteiger partial charge in [0.1, 0.15) is 12.4 Å². The van der Waals surface area contributed by atoms with Crippen LogP contribution >= 0.6 is 198 Å². The second-order valence-electron chi connectivity index (χ2n) is 33.9. The maximum Gasteiger partial charge on any atom is 0.488 e. The summed E-state index contributed by atoms with van der Waals surface area (Å²) in [6, 6.07) is 107. The van der Waals surface area contributed by atoms with Crippen molar-refractivity contribution in [3.05, 3.63) is 410 Å². The molecule has 0 bridgehead atoms. The molecular weight excluding hydrogens is 2220 g/mol. The molecule has 0 aromatic heterocycles. The molecule has 4 aliphatic heterocycles. The number of Topliss-reactive ketones (excluding diaryl/α,β-unsaturated/α-hetero) is 1. The molecule has 4 fully saturated rings. The van der Waals surface area contributed by atoms with Gasteiger partial charge in [-0.3, -0.25) is 4.79 Å². The number of esters is 1. The van der Waals surface area contributed by atoms with E-state index in [4.69, 9.17) is 149 Å². The molecule has 0 amide bonds. The number of aliphatic hydroxyl groups excluding tert-OH is 1. The van der Waals surface area contributed by atoms with Gasteiger partial charge in [0.05, 0.1) is 73.6 Å². The number of aryl methyl sites for hydroxylation is 1. The Morgan fingerprint density at radius 3 is 1.00 bits per heavy atom. The molecule has 3 N–H and O–H groups in total. The van der Waals surface area contributed by atoms with Gasteiger partial charge in [-0.2, -0.15) is 0 Å². The van der Waals surface area contributed by atoms with Crippen LogP contribution in [0.5, 0.6) is 0 Å². The molecule has 17 rings (SSSR count). The minimum absolute atomic E-state index is 0.0304. The molecule has 11 nitrogen and oxygen atoms in total. The van der Waals surface area contributed by atoms with Gasteiger partial charge < -0.3 is 39.5 Å². The summed E-state index contributed by atoms with van der Waals surface area (Å²) in [5.74, 6) is 1.80. The minimum atomic E-state index is -2.75. The van der Waals surface area contributed by atoms with Gasteiger partial charge in [0, 0.05) is 91.1 Å². The Morgan fingerprint density at radius 1 is 0.406 bits per heavy atom. The van der Waals surface area contributed by atoms with Crippen LogP contribution in [-0.2, 0) is 25.3 Å². The fourth-order valence-corrected chi connectivity index (χ4v) is 28.5. The molecular formula is C109H109BBr3Cl12N4O7P2+. The molecule has 8 unspecified atom stereocenters. The Morgan fingerprint density at radius 2 is 0.703 bits per heavy atom. The Bertz CT molecular complexity index is 5780. The van der Waals surface area contributed by atoms with Gasteiger partial charge >= 0.3 is 163 Å². The van der Waals surface area contributed by atoms with Crippen LogP contribution in [0.25, 0.3) is 0 Å². The number of ether oxygens (including phenoxy) is 1. The van der Waals surface area contributed by atoms with Crippen LogP contribution in [0.2, 0.25) is 60.3 Å². The predicted molar refractivity (Wildman–Crippen MR) is 604 cm³/mol. The van der Waals surface area contributed by atoms with E-state index >= 15 is 0 Å². The van der Waals surface area contributed by atoms with Crippen LogP contribution < -0.4 is 41.0 Å². The van der Waals surface area contributed by atoms with E-state index in [1.54, 1.807) is 43.3 Å². The first-order valence-electron chi connectivity index (χ1n) is 45.6. The molecule has 138 heavy (non-hydrogen) atoms. The number of nitrogens with zero attached hydrogens (tertiary/aromatic N) is 4. The summed E-state index contributed by atoms with van der Waals surface area (Å²) < 4.78 is 12.2. The molecule has 0 spiro atoms. The van der Waals surface area contributed by atoms with Crippen molar-refractivity contribution in [1.82, 2.24) is 0 Å². The van der Waals surface area contributed by atoms with E-state index in [0.29, 0.717) is 100 Å². The summed E-state index contributed by atoms with van der Waals surface area (Å²) >= 11 is 86.2. The maximum absolute atomic E-state index is 11.9. The number of aliphatic hydroxyl groups is 1. The zero-order valence-corrected chi connectivity index (χ0v) is 91.8. The van der Waals surface area contributed by atoms with E-state index in [0.717, 1.165) is 113 Å². The van der Waals surface area contributed by atoms with Gasteiger partial charge in [0.25, 0.3) is 0 Å². The van der Waals surface area contributed by atoms with Crippen LogP contribution in [0.3, 0.4) is 0 Å². The van der Waals surface area contributed by atoms with Crippen molar-refractivity contribution in [2.45, 2.75) is 108 Å². The number of alkyl halides is 1. The quantitative estimate of drug-likeness (QED) is 0.0259. The van der Waals surface area contributed by atoms with Crippen molar-refractivity contribution in [2.75, 3.05) is 77.1 Å². The van der Waals surface area contributed by atoms with E-state index < -0.39 is 18.9 Å². The van der Waals surface area contributed by atoms with Gasteiger partial charge in [-0.05, 0) is 243 Å². The zero-order valence-electron chi connectivity index (χ0n) is 76.2. The first-order valence-corrected chi connectivity index (χ1v) is 59.4. The number of piperidine rings is 4. The number of halogens is 15. The van der Waals surface area contributed by atoms with E-state index in [2.05, 4.69) is 229 Å². The third kappa shape index (κ3) is 32.8. The molecule has 29 heteroatoms. The monoisotopic (exact) mass is 2320 g/mol. The Labute approximate surface area is 898 Å². The maximum atomic E-state index is 11.9. The summed E-state index contributed by atoms with van der Waals surface area (Å²) in [4.78, 5) is 31.7. The van der Waals surface area contributed by atoms with Gasteiger partial charge in [-0.25, -0.2) is 4.79 Å². The second-order valence-corrected chi connectivity index (χ2v) is 56.1. The average molecular weight is 2320 g/mol. The van der Waals surface area contributed by atoms with Gasteiger partial charge in [-0.15, -0.1) is 0 Å². The fraction of sp³-hybridized carbons (Fsp3) is 0.266. The molecule has 4 aliphatic rings. The van der Waals surface area contributed by atoms with Crippen LogP contribution in [0, 0.1) is 17.8 Å². The van der Waals surface area contributed by atoms with Gasteiger partial charge in [-0.1, -0.05) is 269 Å². The number of rotatable bonds is 22. The average Bonchev–Trinajstić information content (AvgIpc) is 0.715. The first-order chi connectivity index (χ1) is 66.4. The van der Waals surface area contributed by atoms with Crippen molar-refractivity contribution < 1.29 is 34.0 Å². The number of hydrogen-bond donors (Lipinski definition) is 3. The molecule has 8 atom stereocenters. The van der Waals surface area contributed by atoms with Crippen LogP contribution in [0.15, 0.2) is 322 Å². The van der Waals surface area contributed by atoms with Crippen molar-refractivity contribution in [3.8, 4) is 0 Å². The molecule has 4 heterocycles. The molecule has 0 radical (unpaired) electrons. The molecule has 13 aromatic carbocycles. The molecule has 0 saturated carbocycles. The number of hydrogen-bond acceptors (Lipinski definition) is 11. The summed E-state index contributed by atoms with van der Waals surface area (Å²) in [7, 11) is -2.72. The van der Waals surface area contributed by atoms with Gasteiger partial charge in [0.15, 0.2) is 0 Å². The second kappa shape index (κ2) is 56.2. The molecule has 0 aliphatic carbocycles. The number of anilines is 4.